The quantitative estimate of drug-likeness (QED) is 0.233. The fourth-order valence-corrected chi connectivity index (χ4v) is 3.04. The lowest BCUT2D eigenvalue weighted by Crippen LogP contribution is -2.41. The fraction of sp³-hybridized carbons (Fsp3) is 0.353. The predicted octanol–water partition coefficient (Wildman–Crippen LogP) is 3.21. The van der Waals surface area contributed by atoms with Gasteiger partial charge in [-0.25, -0.2) is 9.98 Å². The molecule has 0 atom stereocenters. The largest absolute Gasteiger partial charge is 0.357 e. The molecule has 1 heterocycles. The Balaban J connectivity index is 0.00000338. The highest BCUT2D eigenvalue weighted by Gasteiger charge is 2.10. The summed E-state index contributed by atoms with van der Waals surface area (Å²) in [5.41, 5.74) is 3.47. The van der Waals surface area contributed by atoms with Crippen molar-refractivity contribution in [3.8, 4) is 0 Å². The Hall–Kier alpha value is -1.39. The Bertz CT molecular complexity index is 737. The molecule has 1 aromatic heterocycles. The number of nitrogens with zero attached hydrogens (tertiary/aromatic N) is 2. The molecule has 0 unspecified atom stereocenters. The highest BCUT2D eigenvalue weighted by atomic mass is 127. The monoisotopic (exact) mass is 507 g/mol. The van der Waals surface area contributed by atoms with Crippen LogP contribution in [0.2, 0.25) is 5.02 Å². The van der Waals surface area contributed by atoms with Crippen LogP contribution in [0.5, 0.6) is 0 Å². The third-order valence-corrected chi connectivity index (χ3v) is 4.47. The molecule has 0 aliphatic carbocycles. The van der Waals surface area contributed by atoms with Crippen molar-refractivity contribution < 1.29 is 4.79 Å². The first-order valence-electron chi connectivity index (χ1n) is 8.05. The highest BCUT2D eigenvalue weighted by Crippen LogP contribution is 2.12. The van der Waals surface area contributed by atoms with Crippen molar-refractivity contribution in [2.24, 2.45) is 4.99 Å². The van der Waals surface area contributed by atoms with Crippen molar-refractivity contribution in [1.29, 1.82) is 0 Å². The fourth-order valence-electron chi connectivity index (χ4n) is 2.10. The third-order valence-electron chi connectivity index (χ3n) is 3.31. The molecule has 0 aliphatic heterocycles. The number of guanidine groups is 1. The van der Waals surface area contributed by atoms with Crippen LogP contribution in [0.1, 0.15) is 27.9 Å². The molecule has 26 heavy (non-hydrogen) atoms. The van der Waals surface area contributed by atoms with Gasteiger partial charge in [-0.2, -0.15) is 0 Å². The molecule has 0 bridgehead atoms. The molecule has 2 rings (SSSR count). The second kappa shape index (κ2) is 12.1. The van der Waals surface area contributed by atoms with Gasteiger partial charge >= 0.3 is 0 Å². The molecule has 0 saturated carbocycles. The number of carbonyl (C=O) groups is 1. The Labute approximate surface area is 179 Å². The maximum absolute atomic E-state index is 12.0. The molecule has 0 saturated heterocycles. The van der Waals surface area contributed by atoms with Gasteiger partial charge in [0.2, 0.25) is 0 Å². The number of thiazole rings is 1. The number of amides is 1. The lowest BCUT2D eigenvalue weighted by Gasteiger charge is -2.12. The maximum Gasteiger partial charge on any atom is 0.263 e. The van der Waals surface area contributed by atoms with E-state index in [-0.39, 0.29) is 29.9 Å². The lowest BCUT2D eigenvalue weighted by atomic mass is 10.2. The van der Waals surface area contributed by atoms with Gasteiger partial charge in [0.05, 0.1) is 17.7 Å². The maximum atomic E-state index is 12.0. The first kappa shape index (κ1) is 22.7. The zero-order valence-electron chi connectivity index (χ0n) is 14.7. The van der Waals surface area contributed by atoms with Gasteiger partial charge in [0, 0.05) is 24.7 Å². The van der Waals surface area contributed by atoms with Gasteiger partial charge < -0.3 is 16.0 Å². The molecule has 0 radical (unpaired) electrons. The molecule has 3 N–H and O–H groups in total. The Morgan fingerprint density at radius 2 is 2.04 bits per heavy atom. The van der Waals surface area contributed by atoms with Gasteiger partial charge in [0.25, 0.3) is 5.91 Å². The number of carbonyl (C=O) groups excluding carboxylic acids is 1. The van der Waals surface area contributed by atoms with E-state index in [9.17, 15) is 4.79 Å². The van der Waals surface area contributed by atoms with Gasteiger partial charge in [-0.1, -0.05) is 23.7 Å². The smallest absolute Gasteiger partial charge is 0.263 e. The Kier molecular flexibility index (Phi) is 10.5. The van der Waals surface area contributed by atoms with Crippen molar-refractivity contribution in [1.82, 2.24) is 20.9 Å². The summed E-state index contributed by atoms with van der Waals surface area (Å²) in [4.78, 5) is 21.3. The van der Waals surface area contributed by atoms with Crippen LogP contribution in [0.15, 0.2) is 34.8 Å². The van der Waals surface area contributed by atoms with E-state index in [1.807, 2.05) is 38.1 Å². The normalized spacial score (nSPS) is 10.8. The number of halogens is 2. The van der Waals surface area contributed by atoms with E-state index in [1.54, 1.807) is 5.51 Å². The topological polar surface area (TPSA) is 78.4 Å². The lowest BCUT2D eigenvalue weighted by molar-refractivity contribution is 0.0957. The molecule has 0 aliphatic rings. The molecule has 0 fully saturated rings. The molecule has 2 aromatic rings. The van der Waals surface area contributed by atoms with Crippen LogP contribution in [-0.2, 0) is 6.54 Å². The van der Waals surface area contributed by atoms with Crippen molar-refractivity contribution in [2.45, 2.75) is 20.4 Å². The Morgan fingerprint density at radius 1 is 1.27 bits per heavy atom. The number of hydrogen-bond acceptors (Lipinski definition) is 4. The average molecular weight is 508 g/mol. The minimum Gasteiger partial charge on any atom is -0.357 e. The van der Waals surface area contributed by atoms with Crippen molar-refractivity contribution in [2.75, 3.05) is 19.6 Å². The van der Waals surface area contributed by atoms with Crippen molar-refractivity contribution in [3.63, 3.8) is 0 Å². The van der Waals surface area contributed by atoms with Gasteiger partial charge in [0.1, 0.15) is 4.88 Å². The van der Waals surface area contributed by atoms with Crippen LogP contribution in [0.25, 0.3) is 0 Å². The van der Waals surface area contributed by atoms with Gasteiger partial charge in [-0.3, -0.25) is 4.79 Å². The molecule has 6 nitrogen and oxygen atoms in total. The van der Waals surface area contributed by atoms with Crippen LogP contribution in [-0.4, -0.2) is 36.5 Å². The summed E-state index contributed by atoms with van der Waals surface area (Å²) in [5.74, 6) is 0.605. The number of benzene rings is 1. The average Bonchev–Trinajstić information content (AvgIpc) is 3.02. The molecule has 1 aromatic carbocycles. The summed E-state index contributed by atoms with van der Waals surface area (Å²) >= 11 is 7.33. The van der Waals surface area contributed by atoms with E-state index in [0.29, 0.717) is 35.5 Å². The summed E-state index contributed by atoms with van der Waals surface area (Å²) in [7, 11) is 0. The van der Waals surface area contributed by atoms with E-state index < -0.39 is 0 Å². The number of nitrogens with one attached hydrogen (secondary N) is 3. The summed E-state index contributed by atoms with van der Waals surface area (Å²) in [6.45, 7) is 6.19. The minimum atomic E-state index is -0.0948. The highest BCUT2D eigenvalue weighted by molar-refractivity contribution is 14.0. The zero-order chi connectivity index (χ0) is 18.1. The summed E-state index contributed by atoms with van der Waals surface area (Å²) in [6, 6.07) is 7.62. The third kappa shape index (κ3) is 7.46. The van der Waals surface area contributed by atoms with Gasteiger partial charge in [-0.15, -0.1) is 35.3 Å². The Morgan fingerprint density at radius 3 is 2.69 bits per heavy atom. The number of rotatable bonds is 7. The molecular weight excluding hydrogens is 485 g/mol. The van der Waals surface area contributed by atoms with Crippen LogP contribution >= 0.6 is 46.9 Å². The molecule has 9 heteroatoms. The second-order valence-corrected chi connectivity index (χ2v) is 6.57. The summed E-state index contributed by atoms with van der Waals surface area (Å²) < 4.78 is 0. The van der Waals surface area contributed by atoms with Crippen LogP contribution in [0.3, 0.4) is 0 Å². The number of aryl methyl sites for hydroxylation is 1. The van der Waals surface area contributed by atoms with Crippen LogP contribution in [0.4, 0.5) is 0 Å². The summed E-state index contributed by atoms with van der Waals surface area (Å²) in [5, 5.41) is 9.95. The molecule has 1 amide bonds. The number of hydrogen-bond donors (Lipinski definition) is 3. The van der Waals surface area contributed by atoms with Crippen molar-refractivity contribution in [3.05, 3.63) is 50.9 Å². The molecular formula is C17H23ClIN5OS. The van der Waals surface area contributed by atoms with E-state index in [0.717, 1.165) is 17.8 Å². The zero-order valence-corrected chi connectivity index (χ0v) is 18.6. The number of aliphatic imine (C=N–C) groups is 1. The second-order valence-electron chi connectivity index (χ2n) is 5.27. The van der Waals surface area contributed by atoms with E-state index >= 15 is 0 Å². The van der Waals surface area contributed by atoms with Crippen molar-refractivity contribution >= 4 is 58.8 Å². The first-order chi connectivity index (χ1) is 12.1. The summed E-state index contributed by atoms with van der Waals surface area (Å²) in [6.07, 6.45) is 0. The van der Waals surface area contributed by atoms with E-state index in [2.05, 4.69) is 25.9 Å². The standard InChI is InChI=1S/C17H22ClN5OS.HI/c1-3-19-17(22-10-13-5-4-6-14(18)9-13)21-8-7-20-16(24)15-12(2)23-11-25-15;/h4-6,9,11H,3,7-8,10H2,1-2H3,(H,20,24)(H2,19,21,22);1H. The first-order valence-corrected chi connectivity index (χ1v) is 9.30. The predicted molar refractivity (Wildman–Crippen MR) is 119 cm³/mol. The van der Waals surface area contributed by atoms with Crippen LogP contribution < -0.4 is 16.0 Å². The molecule has 0 spiro atoms. The van der Waals surface area contributed by atoms with Crippen LogP contribution in [0, 0.1) is 6.92 Å². The van der Waals surface area contributed by atoms with Gasteiger partial charge in [0.15, 0.2) is 5.96 Å². The van der Waals surface area contributed by atoms with E-state index in [1.165, 1.54) is 11.3 Å². The number of aromatic nitrogens is 1. The van der Waals surface area contributed by atoms with Gasteiger partial charge in [-0.05, 0) is 31.5 Å². The molecule has 142 valence electrons. The minimum absolute atomic E-state index is 0. The van der Waals surface area contributed by atoms with E-state index in [4.69, 9.17) is 11.6 Å². The SMILES string of the molecule is CCNC(=NCc1cccc(Cl)c1)NCCNC(=O)c1scnc1C.I.